The van der Waals surface area contributed by atoms with Gasteiger partial charge >= 0.3 is 6.01 Å². The third-order valence-electron chi connectivity index (χ3n) is 1.19. The van der Waals surface area contributed by atoms with Gasteiger partial charge in [-0.2, -0.15) is 4.98 Å². The van der Waals surface area contributed by atoms with Crippen LogP contribution in [0.5, 0.6) is 11.9 Å². The molecule has 0 aromatic carbocycles. The van der Waals surface area contributed by atoms with Gasteiger partial charge in [0.1, 0.15) is 0 Å². The number of hydrogen-bond donors (Lipinski definition) is 0. The predicted octanol–water partition coefficient (Wildman–Crippen LogP) is 1.19. The van der Waals surface area contributed by atoms with E-state index in [1.807, 2.05) is 0 Å². The van der Waals surface area contributed by atoms with Gasteiger partial charge < -0.3 is 9.47 Å². The first-order valence-electron chi connectivity index (χ1n) is 5.78. The van der Waals surface area contributed by atoms with Crippen LogP contribution in [0.2, 0.25) is 0 Å². The summed E-state index contributed by atoms with van der Waals surface area (Å²) in [7, 11) is -2.62. The van der Waals surface area contributed by atoms with Crippen molar-refractivity contribution in [3.8, 4) is 11.9 Å². The summed E-state index contributed by atoms with van der Waals surface area (Å²) in [5.41, 5.74) is 0.421. The molecule has 0 spiro atoms. The summed E-state index contributed by atoms with van der Waals surface area (Å²) in [5.74, 6) is -0.153. The largest absolute Gasteiger partial charge is 0.481 e. The van der Waals surface area contributed by atoms with Crippen LogP contribution < -0.4 is 9.47 Å². The summed E-state index contributed by atoms with van der Waals surface area (Å²) in [6, 6.07) is -0.276. The van der Waals surface area contributed by atoms with Crippen LogP contribution in [0.1, 0.15) is 19.3 Å². The Labute approximate surface area is 78.6 Å². The molecule has 1 aromatic rings. The normalized spacial score (nSPS) is 18.0. The number of nitrogens with zero attached hydrogens (tertiary/aromatic N) is 2. The molecule has 0 radical (unpaired) electrons. The molecule has 4 heteroatoms. The zero-order chi connectivity index (χ0) is 13.3. The average molecular weight is 173 g/mol. The van der Waals surface area contributed by atoms with E-state index in [1.54, 1.807) is 6.92 Å². The number of aryl methyl sites for hydroxylation is 1. The average Bonchev–Trinajstić information content (AvgIpc) is 2.05. The van der Waals surface area contributed by atoms with E-state index in [1.165, 1.54) is 13.1 Å². The molecule has 0 aliphatic heterocycles. The number of rotatable bonds is 3. The highest BCUT2D eigenvalue weighted by molar-refractivity contribution is 5.22. The van der Waals surface area contributed by atoms with Gasteiger partial charge in [0.25, 0.3) is 0 Å². The lowest BCUT2D eigenvalue weighted by molar-refractivity contribution is 0.301. The van der Waals surface area contributed by atoms with Crippen molar-refractivity contribution in [1.29, 1.82) is 0 Å². The van der Waals surface area contributed by atoms with Crippen molar-refractivity contribution in [3.63, 3.8) is 0 Å². The lowest BCUT2D eigenvalue weighted by atomic mass is 10.4. The predicted molar refractivity (Wildman–Crippen MR) is 44.5 cm³/mol. The fourth-order valence-electron chi connectivity index (χ4n) is 0.655. The fraction of sp³-hybridized carbons (Fsp3) is 0.500. The maximum atomic E-state index is 7.19. The van der Waals surface area contributed by atoms with Crippen LogP contribution in [-0.4, -0.2) is 23.6 Å². The highest BCUT2D eigenvalue weighted by Gasteiger charge is 2.02. The van der Waals surface area contributed by atoms with Crippen LogP contribution in [-0.2, 0) is 0 Å². The smallest absolute Gasteiger partial charge is 0.319 e. The Balaban J connectivity index is 2.95. The first-order valence-corrected chi connectivity index (χ1v) is 3.28. The molecule has 1 rings (SSSR count). The molecule has 12 heavy (non-hydrogen) atoms. The van der Waals surface area contributed by atoms with Gasteiger partial charge in [-0.25, -0.2) is 4.98 Å². The summed E-state index contributed by atoms with van der Waals surface area (Å²) in [5, 5.41) is 0. The highest BCUT2D eigenvalue weighted by atomic mass is 16.5. The molecule has 0 amide bonds. The van der Waals surface area contributed by atoms with Crippen LogP contribution in [0.3, 0.4) is 0 Å². The van der Waals surface area contributed by atoms with E-state index in [4.69, 9.17) is 11.6 Å². The molecule has 0 saturated carbocycles. The van der Waals surface area contributed by atoms with Gasteiger partial charge in [0.05, 0.1) is 20.5 Å². The molecular formula is C8H12N2O2. The summed E-state index contributed by atoms with van der Waals surface area (Å²) in [6.45, 7) is 0.804. The molecule has 0 atom stereocenters. The van der Waals surface area contributed by atoms with Gasteiger partial charge in [-0.15, -0.1) is 0 Å². The van der Waals surface area contributed by atoms with Crippen molar-refractivity contribution < 1.29 is 16.3 Å². The van der Waals surface area contributed by atoms with Crippen molar-refractivity contribution in [2.24, 2.45) is 0 Å². The quantitative estimate of drug-likeness (QED) is 0.688. The minimum atomic E-state index is -2.62. The minimum absolute atomic E-state index is 0.153. The molecule has 0 aliphatic carbocycles. The minimum Gasteiger partial charge on any atom is -0.481 e. The van der Waals surface area contributed by atoms with Gasteiger partial charge in [0.2, 0.25) is 5.88 Å². The maximum Gasteiger partial charge on any atom is 0.319 e. The molecule has 0 unspecified atom stereocenters. The number of methoxy groups -OCH3 is 1. The van der Waals surface area contributed by atoms with Gasteiger partial charge in [0, 0.05) is 11.8 Å². The molecule has 1 aromatic heterocycles. The van der Waals surface area contributed by atoms with E-state index in [0.717, 1.165) is 0 Å². The monoisotopic (exact) mass is 173 g/mol. The standard InChI is InChI=1S/C8H12N2O2/c1-4-12-8-9-5-6(2)7(10-8)11-3/h5H,4H2,1-3H3/i3D3,4D2. The van der Waals surface area contributed by atoms with Crippen LogP contribution in [0.15, 0.2) is 6.20 Å². The van der Waals surface area contributed by atoms with Gasteiger partial charge in [-0.05, 0) is 13.8 Å². The topological polar surface area (TPSA) is 44.2 Å². The van der Waals surface area contributed by atoms with Crippen LogP contribution >= 0.6 is 0 Å². The van der Waals surface area contributed by atoms with Gasteiger partial charge in [-0.3, -0.25) is 0 Å². The zero-order valence-corrected chi connectivity index (χ0v) is 6.79. The number of ether oxygens (including phenoxy) is 2. The van der Waals surface area contributed by atoms with Gasteiger partial charge in [0.15, 0.2) is 0 Å². The van der Waals surface area contributed by atoms with E-state index < -0.39 is 13.6 Å². The Morgan fingerprint density at radius 1 is 1.75 bits per heavy atom. The van der Waals surface area contributed by atoms with E-state index in [0.29, 0.717) is 5.56 Å². The van der Waals surface area contributed by atoms with E-state index in [2.05, 4.69) is 14.7 Å². The molecule has 4 nitrogen and oxygen atoms in total. The molecule has 0 aliphatic rings. The Hall–Kier alpha value is -1.32. The molecular weight excluding hydrogens is 156 g/mol. The summed E-state index contributed by atoms with van der Waals surface area (Å²) < 4.78 is 44.6. The van der Waals surface area contributed by atoms with Crippen molar-refractivity contribution in [1.82, 2.24) is 9.97 Å². The van der Waals surface area contributed by atoms with E-state index in [9.17, 15) is 0 Å². The Bertz CT molecular complexity index is 402. The summed E-state index contributed by atoms with van der Waals surface area (Å²) >= 11 is 0. The first-order chi connectivity index (χ1) is 7.57. The van der Waals surface area contributed by atoms with E-state index >= 15 is 0 Å². The third-order valence-corrected chi connectivity index (χ3v) is 1.19. The zero-order valence-electron chi connectivity index (χ0n) is 11.8. The van der Waals surface area contributed by atoms with Crippen LogP contribution in [0.25, 0.3) is 0 Å². The summed E-state index contributed by atoms with van der Waals surface area (Å²) in [6.07, 6.45) is 1.30. The molecule has 66 valence electrons. The lowest BCUT2D eigenvalue weighted by Crippen LogP contribution is -2.00. The molecule has 0 N–H and O–H groups in total. The SMILES string of the molecule is [2H]C([2H])([2H])Oc1nc(OC([2H])([2H])C)ncc1C. The fourth-order valence-corrected chi connectivity index (χ4v) is 0.655. The Morgan fingerprint density at radius 2 is 2.58 bits per heavy atom. The first kappa shape index (κ1) is 4.07. The number of hydrogen-bond acceptors (Lipinski definition) is 4. The van der Waals surface area contributed by atoms with Crippen LogP contribution in [0.4, 0.5) is 0 Å². The second-order valence-corrected chi connectivity index (χ2v) is 2.05. The Kier molecular flexibility index (Phi) is 1.32. The molecule has 0 saturated heterocycles. The van der Waals surface area contributed by atoms with Crippen LogP contribution in [0, 0.1) is 6.92 Å². The maximum absolute atomic E-state index is 7.19. The third kappa shape index (κ3) is 1.84. The van der Waals surface area contributed by atoms with Crippen molar-refractivity contribution >= 4 is 0 Å². The Morgan fingerprint density at radius 3 is 3.25 bits per heavy atom. The van der Waals surface area contributed by atoms with E-state index in [-0.39, 0.29) is 11.9 Å². The number of aromatic nitrogens is 2. The molecule has 0 fully saturated rings. The highest BCUT2D eigenvalue weighted by Crippen LogP contribution is 2.15. The second kappa shape index (κ2) is 3.90. The molecule has 1 heterocycles. The van der Waals surface area contributed by atoms with Gasteiger partial charge in [-0.1, -0.05) is 0 Å². The lowest BCUT2D eigenvalue weighted by Gasteiger charge is -2.04. The second-order valence-electron chi connectivity index (χ2n) is 2.05. The van der Waals surface area contributed by atoms with Crippen molar-refractivity contribution in [2.45, 2.75) is 13.8 Å². The molecule has 0 bridgehead atoms. The van der Waals surface area contributed by atoms with Crippen molar-refractivity contribution in [2.75, 3.05) is 13.6 Å². The van der Waals surface area contributed by atoms with Crippen molar-refractivity contribution in [3.05, 3.63) is 11.8 Å². The summed E-state index contributed by atoms with van der Waals surface area (Å²) in [4.78, 5) is 7.40.